The van der Waals surface area contributed by atoms with Crippen LogP contribution in [0.15, 0.2) is 46.6 Å². The van der Waals surface area contributed by atoms with Crippen molar-refractivity contribution in [2.45, 2.75) is 25.6 Å². The first-order chi connectivity index (χ1) is 14.3. The van der Waals surface area contributed by atoms with Crippen LogP contribution in [0.25, 0.3) is 11.4 Å². The van der Waals surface area contributed by atoms with Gasteiger partial charge in [0.2, 0.25) is 18.5 Å². The molecular formula is C20H17N5O3S. The lowest BCUT2D eigenvalue weighted by atomic mass is 10.0. The minimum atomic E-state index is -0.0249. The van der Waals surface area contributed by atoms with Gasteiger partial charge in [-0.05, 0) is 29.6 Å². The molecule has 3 aromatic heterocycles. The Morgan fingerprint density at radius 2 is 2.17 bits per heavy atom. The maximum atomic E-state index is 5.71. The van der Waals surface area contributed by atoms with E-state index in [-0.39, 0.29) is 12.8 Å². The van der Waals surface area contributed by atoms with E-state index < -0.39 is 0 Å². The molecule has 1 aromatic carbocycles. The molecule has 29 heavy (non-hydrogen) atoms. The van der Waals surface area contributed by atoms with Gasteiger partial charge in [-0.2, -0.15) is 4.98 Å². The van der Waals surface area contributed by atoms with Gasteiger partial charge in [0.1, 0.15) is 0 Å². The van der Waals surface area contributed by atoms with Crippen LogP contribution in [0.2, 0.25) is 0 Å². The summed E-state index contributed by atoms with van der Waals surface area (Å²) in [6, 6.07) is 9.86. The van der Waals surface area contributed by atoms with Gasteiger partial charge in [-0.1, -0.05) is 11.2 Å². The van der Waals surface area contributed by atoms with E-state index in [9.17, 15) is 0 Å². The SMILES string of the molecule is c1csc(CN2Cc3[nH]cnc3CC2c2nc(-c3ccc4c(c3)OCO4)no2)c1. The Bertz CT molecular complexity index is 1150. The summed E-state index contributed by atoms with van der Waals surface area (Å²) in [4.78, 5) is 16.1. The van der Waals surface area contributed by atoms with Gasteiger partial charge in [0.15, 0.2) is 11.5 Å². The Hall–Kier alpha value is -3.17. The van der Waals surface area contributed by atoms with E-state index in [1.165, 1.54) is 4.88 Å². The molecule has 1 atom stereocenters. The summed E-state index contributed by atoms with van der Waals surface area (Å²) < 4.78 is 16.5. The van der Waals surface area contributed by atoms with Crippen LogP contribution in [-0.4, -0.2) is 31.8 Å². The Kier molecular flexibility index (Phi) is 3.88. The molecule has 2 aliphatic rings. The largest absolute Gasteiger partial charge is 0.454 e. The molecule has 0 spiro atoms. The Balaban J connectivity index is 1.32. The fourth-order valence-corrected chi connectivity index (χ4v) is 4.55. The van der Waals surface area contributed by atoms with E-state index in [4.69, 9.17) is 19.0 Å². The predicted octanol–water partition coefficient (Wildman–Crippen LogP) is 3.55. The van der Waals surface area contributed by atoms with Crippen LogP contribution in [0, 0.1) is 0 Å². The zero-order valence-corrected chi connectivity index (χ0v) is 16.2. The molecule has 6 rings (SSSR count). The molecule has 5 heterocycles. The van der Waals surface area contributed by atoms with Crippen molar-refractivity contribution in [3.05, 3.63) is 64.2 Å². The van der Waals surface area contributed by atoms with Gasteiger partial charge in [0, 0.05) is 30.0 Å². The Morgan fingerprint density at radius 1 is 1.21 bits per heavy atom. The third-order valence-electron chi connectivity index (χ3n) is 5.29. The molecule has 1 unspecified atom stereocenters. The van der Waals surface area contributed by atoms with Crippen molar-refractivity contribution in [1.82, 2.24) is 25.0 Å². The summed E-state index contributed by atoms with van der Waals surface area (Å²) in [6.45, 7) is 1.82. The predicted molar refractivity (Wildman–Crippen MR) is 104 cm³/mol. The van der Waals surface area contributed by atoms with Crippen molar-refractivity contribution < 1.29 is 14.0 Å². The number of nitrogens with zero attached hydrogens (tertiary/aromatic N) is 4. The maximum Gasteiger partial charge on any atom is 0.244 e. The molecule has 0 amide bonds. The van der Waals surface area contributed by atoms with E-state index in [2.05, 4.69) is 37.5 Å². The van der Waals surface area contributed by atoms with Crippen molar-refractivity contribution in [1.29, 1.82) is 0 Å². The van der Waals surface area contributed by atoms with E-state index in [1.807, 2.05) is 18.2 Å². The molecule has 4 aromatic rings. The van der Waals surface area contributed by atoms with Gasteiger partial charge >= 0.3 is 0 Å². The smallest absolute Gasteiger partial charge is 0.244 e. The standard InChI is InChI=1S/C20H17N5O3S/c1-2-13(29-5-1)8-25-9-15-14(21-10-22-15)7-16(25)20-23-19(24-28-20)12-3-4-17-18(6-12)27-11-26-17/h1-6,10,16H,7-9,11H2,(H,21,22). The summed E-state index contributed by atoms with van der Waals surface area (Å²) >= 11 is 1.75. The molecule has 0 bridgehead atoms. The van der Waals surface area contributed by atoms with Gasteiger partial charge in [0.05, 0.1) is 23.8 Å². The maximum absolute atomic E-state index is 5.71. The second-order valence-electron chi connectivity index (χ2n) is 7.06. The van der Waals surface area contributed by atoms with Gasteiger partial charge < -0.3 is 19.0 Å². The third-order valence-corrected chi connectivity index (χ3v) is 6.15. The van der Waals surface area contributed by atoms with Crippen molar-refractivity contribution in [2.24, 2.45) is 0 Å². The number of nitrogens with one attached hydrogen (secondary N) is 1. The third kappa shape index (κ3) is 2.99. The second kappa shape index (κ2) is 6.71. The van der Waals surface area contributed by atoms with Crippen molar-refractivity contribution in [3.63, 3.8) is 0 Å². The quantitative estimate of drug-likeness (QED) is 0.553. The van der Waals surface area contributed by atoms with Crippen LogP contribution in [0.4, 0.5) is 0 Å². The second-order valence-corrected chi connectivity index (χ2v) is 8.09. The van der Waals surface area contributed by atoms with E-state index in [1.54, 1.807) is 17.7 Å². The zero-order chi connectivity index (χ0) is 19.2. The molecule has 1 N–H and O–H groups in total. The highest BCUT2D eigenvalue weighted by atomic mass is 32.1. The van der Waals surface area contributed by atoms with Crippen molar-refractivity contribution in [2.75, 3.05) is 6.79 Å². The van der Waals surface area contributed by atoms with E-state index in [0.29, 0.717) is 17.5 Å². The van der Waals surface area contributed by atoms with E-state index >= 15 is 0 Å². The molecule has 0 saturated heterocycles. The lowest BCUT2D eigenvalue weighted by Crippen LogP contribution is -2.34. The number of H-pyrrole nitrogens is 1. The molecule has 0 aliphatic carbocycles. The first kappa shape index (κ1) is 16.8. The number of hydrogen-bond acceptors (Lipinski definition) is 8. The Labute approximate surface area is 170 Å². The number of thiophene rings is 1. The van der Waals surface area contributed by atoms with Crippen LogP contribution in [-0.2, 0) is 19.5 Å². The first-order valence-electron chi connectivity index (χ1n) is 9.35. The highest BCUT2D eigenvalue weighted by Gasteiger charge is 2.33. The van der Waals surface area contributed by atoms with Gasteiger partial charge in [-0.25, -0.2) is 4.98 Å². The first-order valence-corrected chi connectivity index (χ1v) is 10.2. The molecule has 0 radical (unpaired) electrons. The molecule has 0 fully saturated rings. The summed E-state index contributed by atoms with van der Waals surface area (Å²) in [7, 11) is 0. The van der Waals surface area contributed by atoms with Gasteiger partial charge in [0.25, 0.3) is 0 Å². The molecule has 8 nitrogen and oxygen atoms in total. The van der Waals surface area contributed by atoms with Crippen LogP contribution in [0.5, 0.6) is 11.5 Å². The summed E-state index contributed by atoms with van der Waals surface area (Å²) in [5, 5.41) is 6.33. The number of imidazole rings is 1. The number of aromatic amines is 1. The number of benzene rings is 1. The minimum Gasteiger partial charge on any atom is -0.454 e. The number of hydrogen-bond donors (Lipinski definition) is 1. The van der Waals surface area contributed by atoms with Crippen LogP contribution in [0.3, 0.4) is 0 Å². The highest BCUT2D eigenvalue weighted by Crippen LogP contribution is 2.37. The normalized spacial score (nSPS) is 18.1. The van der Waals surface area contributed by atoms with Gasteiger partial charge in [-0.15, -0.1) is 11.3 Å². The summed E-state index contributed by atoms with van der Waals surface area (Å²) in [6.07, 6.45) is 2.48. The van der Waals surface area contributed by atoms with Crippen molar-refractivity contribution >= 4 is 11.3 Å². The molecular weight excluding hydrogens is 390 g/mol. The number of fused-ring (bicyclic) bond motifs is 2. The fraction of sp³-hybridized carbons (Fsp3) is 0.250. The van der Waals surface area contributed by atoms with Crippen molar-refractivity contribution in [3.8, 4) is 22.9 Å². The number of ether oxygens (including phenoxy) is 2. The topological polar surface area (TPSA) is 89.3 Å². The van der Waals surface area contributed by atoms with E-state index in [0.717, 1.165) is 42.2 Å². The molecule has 146 valence electrons. The van der Waals surface area contributed by atoms with Crippen LogP contribution >= 0.6 is 11.3 Å². The molecule has 0 saturated carbocycles. The Morgan fingerprint density at radius 3 is 3.10 bits per heavy atom. The lowest BCUT2D eigenvalue weighted by molar-refractivity contribution is 0.129. The average Bonchev–Trinajstić information content (AvgIpc) is 3.53. The summed E-state index contributed by atoms with van der Waals surface area (Å²) in [5.41, 5.74) is 3.04. The summed E-state index contributed by atoms with van der Waals surface area (Å²) in [5.74, 6) is 2.58. The number of aromatic nitrogens is 4. The zero-order valence-electron chi connectivity index (χ0n) is 15.4. The van der Waals surface area contributed by atoms with Crippen LogP contribution in [0.1, 0.15) is 28.2 Å². The number of rotatable bonds is 4. The molecule has 9 heteroatoms. The minimum absolute atomic E-state index is 0.0249. The average molecular weight is 407 g/mol. The highest BCUT2D eigenvalue weighted by molar-refractivity contribution is 7.09. The monoisotopic (exact) mass is 407 g/mol. The van der Waals surface area contributed by atoms with Gasteiger partial charge in [-0.3, -0.25) is 4.90 Å². The lowest BCUT2D eigenvalue weighted by Gasteiger charge is -2.32. The molecule has 2 aliphatic heterocycles. The van der Waals surface area contributed by atoms with Crippen LogP contribution < -0.4 is 9.47 Å². The fourth-order valence-electron chi connectivity index (χ4n) is 3.82.